The van der Waals surface area contributed by atoms with Gasteiger partial charge in [0.1, 0.15) is 150 Å². The number of halogens is 12. The van der Waals surface area contributed by atoms with Crippen molar-refractivity contribution in [3.05, 3.63) is 357 Å². The third-order valence-electron chi connectivity index (χ3n) is 24.3. The van der Waals surface area contributed by atoms with Gasteiger partial charge in [-0.1, -0.05) is 139 Å². The third kappa shape index (κ3) is 19.9. The first-order valence-corrected chi connectivity index (χ1v) is 45.5. The van der Waals surface area contributed by atoms with Gasteiger partial charge in [-0.3, -0.25) is 22.0 Å². The molecule has 686 valence electrons. The summed E-state index contributed by atoms with van der Waals surface area (Å²) in [5.74, 6) is -3.13. The van der Waals surface area contributed by atoms with Crippen LogP contribution in [0.3, 0.4) is 0 Å². The van der Waals surface area contributed by atoms with E-state index in [2.05, 4.69) is 93.2 Å². The Bertz CT molecular complexity index is 7080. The van der Waals surface area contributed by atoms with E-state index in [0.29, 0.717) is 96.8 Å². The first-order chi connectivity index (χ1) is 64.9. The lowest BCUT2D eigenvalue weighted by molar-refractivity contribution is 0.461. The molecule has 0 aliphatic heterocycles. The summed E-state index contributed by atoms with van der Waals surface area (Å²) in [7, 11) is 0. The number of pyridine rings is 5. The second kappa shape index (κ2) is 41.3. The van der Waals surface area contributed by atoms with Gasteiger partial charge in [-0.2, -0.15) is 0 Å². The highest BCUT2D eigenvalue weighted by molar-refractivity contribution is 6.33. The Morgan fingerprint density at radius 1 is 0.276 bits per heavy atom. The Morgan fingerprint density at radius 3 is 0.813 bits per heavy atom. The number of anilines is 8. The monoisotopic (exact) mass is 1840 g/mol. The third-order valence-corrected chi connectivity index (χ3v) is 24.6. The van der Waals surface area contributed by atoms with Gasteiger partial charge in [0.25, 0.3) is 0 Å². The number of aromatic nitrogens is 10. The van der Waals surface area contributed by atoms with Gasteiger partial charge in [0, 0.05) is 110 Å². The first kappa shape index (κ1) is 93.0. The molecule has 0 unspecified atom stereocenters. The average molecular weight is 1840 g/mol. The molecule has 2 saturated carbocycles. The average Bonchev–Trinajstić information content (AvgIpc) is 1.63. The number of para-hydroxylation sites is 2. The highest BCUT2D eigenvalue weighted by Gasteiger charge is 2.29. The molecule has 27 heteroatoms. The molecule has 10 aromatic heterocycles. The van der Waals surface area contributed by atoms with Crippen molar-refractivity contribution < 1.29 is 48.3 Å². The highest BCUT2D eigenvalue weighted by atomic mass is 35.5. The predicted octanol–water partition coefficient (Wildman–Crippen LogP) is 29.3. The molecule has 2 aliphatic carbocycles. The van der Waals surface area contributed by atoms with Crippen LogP contribution in [0.1, 0.15) is 138 Å². The van der Waals surface area contributed by atoms with Crippen molar-refractivity contribution in [2.75, 3.05) is 26.6 Å². The molecule has 2 aliphatic rings. The van der Waals surface area contributed by atoms with Gasteiger partial charge in [-0.05, 0) is 247 Å². The molecule has 134 heavy (non-hydrogen) atoms. The zero-order valence-electron chi connectivity index (χ0n) is 75.2. The number of imidazole rings is 5. The number of rotatable bonds is 20. The predicted molar refractivity (Wildman–Crippen MR) is 514 cm³/mol. The number of hydrogen-bond acceptors (Lipinski definition) is 10. The SMILES string of the molecule is CCc1cccc2nc(-c3ccc(F)cc3F)c(NC3CCCC3)n12.CCc1cccc2nc(-c3ccc(F)cc3F)c(NC3CCCCC3)n12.CCc1cccc2nc(-c3ccc(F)cc3F)c(Nc3c(C)cccc3C)n12.CCc1cccc2nc(-c3ccc(F)cc3F)c(Nc3c(C)cccc3Cl)n12.CCc1cccc2nc(-c3ccc(F)cc3F)c(Nc3ccc(F)cc3)n12. The maximum absolute atomic E-state index is 14.6. The molecule has 2 fully saturated rings. The zero-order chi connectivity index (χ0) is 94.1. The topological polar surface area (TPSA) is 147 Å². The number of hydrogen-bond donors (Lipinski definition) is 5. The van der Waals surface area contributed by atoms with Crippen molar-refractivity contribution in [2.45, 2.75) is 157 Å². The first-order valence-electron chi connectivity index (χ1n) is 45.1. The molecule has 0 bridgehead atoms. The lowest BCUT2D eigenvalue weighted by atomic mass is 9.95. The summed E-state index contributed by atoms with van der Waals surface area (Å²) in [6, 6.07) is 65.2. The Labute approximate surface area is 773 Å². The minimum atomic E-state index is -0.696. The zero-order valence-corrected chi connectivity index (χ0v) is 75.9. The fourth-order valence-electron chi connectivity index (χ4n) is 17.6. The molecule has 0 amide bonds. The Morgan fingerprint density at radius 2 is 0.522 bits per heavy atom. The number of fused-ring (bicyclic) bond motifs is 5. The van der Waals surface area contributed by atoms with E-state index in [-0.39, 0.29) is 22.5 Å². The van der Waals surface area contributed by atoms with Crippen LogP contribution in [0.2, 0.25) is 5.02 Å². The number of nitrogens with one attached hydrogen (secondary N) is 5. The summed E-state index contributed by atoms with van der Waals surface area (Å²) in [5.41, 5.74) is 17.9. The molecular formula is C107H99ClF11N15. The van der Waals surface area contributed by atoms with E-state index in [9.17, 15) is 48.3 Å². The minimum Gasteiger partial charge on any atom is -0.367 e. The maximum Gasteiger partial charge on any atom is 0.143 e. The van der Waals surface area contributed by atoms with E-state index >= 15 is 0 Å². The minimum absolute atomic E-state index is 0.187. The van der Waals surface area contributed by atoms with Crippen molar-refractivity contribution in [2.24, 2.45) is 0 Å². The van der Waals surface area contributed by atoms with Crippen LogP contribution in [-0.2, 0) is 32.1 Å². The normalized spacial score (nSPS) is 12.7. The Hall–Kier alpha value is -14.3. The summed E-state index contributed by atoms with van der Waals surface area (Å²) < 4.78 is 163. The van der Waals surface area contributed by atoms with Crippen LogP contribution in [0.15, 0.2) is 243 Å². The maximum atomic E-state index is 14.6. The summed E-state index contributed by atoms with van der Waals surface area (Å²) in [6.45, 7) is 16.3. The lowest BCUT2D eigenvalue weighted by Crippen LogP contribution is -2.23. The highest BCUT2D eigenvalue weighted by Crippen LogP contribution is 2.43. The molecule has 0 radical (unpaired) electrons. The van der Waals surface area contributed by atoms with Gasteiger partial charge in [-0.15, -0.1) is 0 Å². The second-order valence-corrected chi connectivity index (χ2v) is 33.6. The van der Waals surface area contributed by atoms with E-state index in [0.717, 1.165) is 168 Å². The van der Waals surface area contributed by atoms with Crippen molar-refractivity contribution >= 4 is 86.0 Å². The van der Waals surface area contributed by atoms with Crippen molar-refractivity contribution in [1.29, 1.82) is 0 Å². The molecule has 0 atom stereocenters. The Kier molecular flexibility index (Phi) is 28.6. The van der Waals surface area contributed by atoms with E-state index in [1.807, 2.05) is 157 Å². The van der Waals surface area contributed by atoms with E-state index in [4.69, 9.17) is 11.6 Å². The summed E-state index contributed by atoms with van der Waals surface area (Å²) in [6.07, 6.45) is 14.5. The molecule has 0 spiro atoms. The quantitative estimate of drug-likeness (QED) is 0.0467. The van der Waals surface area contributed by atoms with Gasteiger partial charge in [0.15, 0.2) is 0 Å². The molecular weight excluding hydrogens is 1740 g/mol. The number of aryl methyl sites for hydroxylation is 8. The number of benzene rings is 8. The molecule has 10 heterocycles. The van der Waals surface area contributed by atoms with Crippen LogP contribution in [0.4, 0.5) is 94.4 Å². The number of nitrogens with zero attached hydrogens (tertiary/aromatic N) is 10. The van der Waals surface area contributed by atoms with Crippen LogP contribution < -0.4 is 26.6 Å². The second-order valence-electron chi connectivity index (χ2n) is 33.2. The van der Waals surface area contributed by atoms with Crippen LogP contribution >= 0.6 is 11.6 Å². The van der Waals surface area contributed by atoms with Crippen molar-refractivity contribution in [3.8, 4) is 56.3 Å². The van der Waals surface area contributed by atoms with Gasteiger partial charge < -0.3 is 26.6 Å². The largest absolute Gasteiger partial charge is 0.367 e. The van der Waals surface area contributed by atoms with Crippen LogP contribution in [0.25, 0.3) is 84.5 Å². The fraction of sp³-hybridized carbons (Fsp3) is 0.224. The van der Waals surface area contributed by atoms with Gasteiger partial charge in [0.2, 0.25) is 0 Å². The summed E-state index contributed by atoms with van der Waals surface area (Å²) in [5, 5.41) is 17.8. The summed E-state index contributed by atoms with van der Waals surface area (Å²) >= 11 is 6.41. The Balaban J connectivity index is 0.000000122. The van der Waals surface area contributed by atoms with Gasteiger partial charge in [-0.25, -0.2) is 73.2 Å². The van der Waals surface area contributed by atoms with E-state index < -0.39 is 58.2 Å². The molecule has 8 aromatic carbocycles. The van der Waals surface area contributed by atoms with Crippen LogP contribution in [-0.4, -0.2) is 59.0 Å². The fourth-order valence-corrected chi connectivity index (χ4v) is 17.8. The van der Waals surface area contributed by atoms with Gasteiger partial charge in [0.05, 0.1) is 10.7 Å². The van der Waals surface area contributed by atoms with E-state index in [1.165, 1.54) is 105 Å². The lowest BCUT2D eigenvalue weighted by Gasteiger charge is -2.24. The summed E-state index contributed by atoms with van der Waals surface area (Å²) in [4.78, 5) is 23.2. The smallest absolute Gasteiger partial charge is 0.143 e. The molecule has 5 N–H and O–H groups in total. The van der Waals surface area contributed by atoms with Crippen LogP contribution in [0.5, 0.6) is 0 Å². The standard InChI is InChI=1S/C23H21F2N3.C22H18ClF2N3.C21H16F3N3.C21H23F2N3.C20H21F2N3/c1-4-17-9-6-10-20-26-22(18-12-11-16(24)13-19(18)25)23(28(17)20)27-21-14(2)7-5-8-15(21)3;1-3-15-7-5-9-19-26-21(16-11-10-14(24)12-18(16)25)22(28(15)19)27-20-13(2)6-4-8-17(20)23;1-2-16-4-3-5-19-26-20(17-11-8-14(23)12-18(17)24)21(27(16)19)25-15-9-6-13(22)7-10-15;1-2-16-9-6-10-19-25-20(17-12-11-14(22)13-18(17)23)21(26(16)19)24-15-7-4-3-5-8-15;1-2-15-8-5-9-18-24-19(16-11-10-13(21)12-17(16)22)20(25(15)18)23-14-6-3-4-7-14/h5-13,27H,4H2,1-3H3;4-12,27H,3H2,1-2H3;3-12,25H,2H2,1H3;6,9-13,15,24H,2-5,7-8H2,1H3;5,8-12,14,23H,2-4,6-7H2,1H3. The molecule has 20 rings (SSSR count). The molecule has 15 nitrogen and oxygen atoms in total. The molecule has 0 saturated heterocycles. The van der Waals surface area contributed by atoms with E-state index in [1.54, 1.807) is 18.2 Å². The molecule has 18 aromatic rings. The van der Waals surface area contributed by atoms with Crippen molar-refractivity contribution in [1.82, 2.24) is 46.9 Å². The van der Waals surface area contributed by atoms with Crippen molar-refractivity contribution in [3.63, 3.8) is 0 Å². The van der Waals surface area contributed by atoms with Gasteiger partial charge >= 0.3 is 0 Å². The van der Waals surface area contributed by atoms with Crippen LogP contribution in [0, 0.1) is 84.8 Å².